The van der Waals surface area contributed by atoms with Crippen molar-refractivity contribution >= 4 is 11.9 Å². The molecule has 2 unspecified atom stereocenters. The first-order valence-corrected chi connectivity index (χ1v) is 31.2. The van der Waals surface area contributed by atoms with Crippen LogP contribution in [0.3, 0.4) is 0 Å². The van der Waals surface area contributed by atoms with E-state index in [0.717, 1.165) is 51.4 Å². The van der Waals surface area contributed by atoms with Gasteiger partial charge in [-0.15, -0.1) is 0 Å². The summed E-state index contributed by atoms with van der Waals surface area (Å²) in [5.41, 5.74) is 0. The molecule has 70 heavy (non-hydrogen) atoms. The summed E-state index contributed by atoms with van der Waals surface area (Å²) < 4.78 is 5.48. The molecule has 0 radical (unpaired) electrons. The molecule has 6 heteroatoms. The number of rotatable bonds is 58. The third-order valence-corrected chi connectivity index (χ3v) is 14.4. The Hall–Kier alpha value is -1.92. The summed E-state index contributed by atoms with van der Waals surface area (Å²) in [7, 11) is 0. The lowest BCUT2D eigenvalue weighted by Gasteiger charge is -2.22. The van der Waals surface area contributed by atoms with Gasteiger partial charge in [-0.05, 0) is 83.5 Å². The van der Waals surface area contributed by atoms with Crippen LogP contribution < -0.4 is 5.32 Å². The highest BCUT2D eigenvalue weighted by Crippen LogP contribution is 2.17. The first kappa shape index (κ1) is 68.1. The zero-order valence-corrected chi connectivity index (χ0v) is 47.0. The molecule has 412 valence electrons. The highest BCUT2D eigenvalue weighted by atomic mass is 16.5. The van der Waals surface area contributed by atoms with E-state index in [1.165, 1.54) is 250 Å². The maximum Gasteiger partial charge on any atom is 0.305 e. The average molecular weight is 985 g/mol. The predicted molar refractivity (Wildman–Crippen MR) is 306 cm³/mol. The van der Waals surface area contributed by atoms with Gasteiger partial charge in [-0.1, -0.05) is 275 Å². The van der Waals surface area contributed by atoms with Gasteiger partial charge >= 0.3 is 5.97 Å². The molecule has 3 N–H and O–H groups in total. The first-order valence-electron chi connectivity index (χ1n) is 31.2. The van der Waals surface area contributed by atoms with Crippen molar-refractivity contribution in [1.29, 1.82) is 0 Å². The molecule has 0 aliphatic carbocycles. The molecule has 0 heterocycles. The summed E-state index contributed by atoms with van der Waals surface area (Å²) in [6.07, 6.45) is 74.5. The maximum atomic E-state index is 12.4. The Morgan fingerprint density at radius 3 is 1.10 bits per heavy atom. The van der Waals surface area contributed by atoms with Gasteiger partial charge in [-0.2, -0.15) is 0 Å². The SMILES string of the molecule is CCCCCCCC/C=C\CCCCCCCC(=O)OCCCCCCCCCCC/C=C\C/C=C\CCCCCCCCCCCCCC(=O)NC(CO)C(O)CCCCCCCCCCCCC. The van der Waals surface area contributed by atoms with E-state index in [1.807, 2.05) is 0 Å². The molecule has 6 nitrogen and oxygen atoms in total. The minimum Gasteiger partial charge on any atom is -0.466 e. The van der Waals surface area contributed by atoms with Gasteiger partial charge in [0.05, 0.1) is 25.4 Å². The quantitative estimate of drug-likeness (QED) is 0.0321. The van der Waals surface area contributed by atoms with Gasteiger partial charge < -0.3 is 20.3 Å². The lowest BCUT2D eigenvalue weighted by molar-refractivity contribution is -0.143. The van der Waals surface area contributed by atoms with Crippen LogP contribution in [-0.2, 0) is 14.3 Å². The smallest absolute Gasteiger partial charge is 0.305 e. The van der Waals surface area contributed by atoms with E-state index in [1.54, 1.807) is 0 Å². The fourth-order valence-corrected chi connectivity index (χ4v) is 9.61. The number of esters is 1. The standard InChI is InChI=1S/C64H121NO5/c1-3-5-7-9-11-13-15-16-30-34-38-42-46-50-54-58-64(69)70-59-55-51-47-43-39-35-32-29-27-25-23-21-19-17-18-20-22-24-26-28-31-33-37-41-45-49-53-57-63(68)65-61(60-66)62(67)56-52-48-44-40-36-14-12-10-8-6-4-2/h16-18,21,23,30,61-62,66-67H,3-15,19-20,22,24-29,31-60H2,1-2H3,(H,65,68)/b18-17-,23-21-,30-16-. The number of unbranched alkanes of at least 4 members (excludes halogenated alkanes) is 41. The summed E-state index contributed by atoms with van der Waals surface area (Å²) >= 11 is 0. The minimum absolute atomic E-state index is 0.00264. The Labute approximate surface area is 436 Å². The van der Waals surface area contributed by atoms with E-state index >= 15 is 0 Å². The molecule has 0 aromatic carbocycles. The Kier molecular flexibility index (Phi) is 58.0. The molecule has 0 aromatic rings. The fraction of sp³-hybridized carbons (Fsp3) is 0.875. The molecule has 0 fully saturated rings. The van der Waals surface area contributed by atoms with Crippen molar-refractivity contribution in [1.82, 2.24) is 5.32 Å². The normalized spacial score (nSPS) is 12.8. The summed E-state index contributed by atoms with van der Waals surface area (Å²) in [6, 6.07) is -0.543. The first-order chi connectivity index (χ1) is 34.5. The van der Waals surface area contributed by atoms with Crippen LogP contribution in [0.15, 0.2) is 36.5 Å². The van der Waals surface area contributed by atoms with E-state index in [2.05, 4.69) is 55.6 Å². The highest BCUT2D eigenvalue weighted by Gasteiger charge is 2.20. The van der Waals surface area contributed by atoms with Crippen molar-refractivity contribution < 1.29 is 24.5 Å². The Morgan fingerprint density at radius 2 is 0.714 bits per heavy atom. The molecule has 0 aromatic heterocycles. The van der Waals surface area contributed by atoms with Crippen LogP contribution in [0, 0.1) is 0 Å². The van der Waals surface area contributed by atoms with Crippen LogP contribution in [-0.4, -0.2) is 47.4 Å². The molecule has 0 saturated heterocycles. The molecule has 0 saturated carbocycles. The van der Waals surface area contributed by atoms with E-state index in [4.69, 9.17) is 4.74 Å². The van der Waals surface area contributed by atoms with Crippen molar-refractivity contribution in [2.45, 2.75) is 347 Å². The number of hydrogen-bond donors (Lipinski definition) is 3. The lowest BCUT2D eigenvalue weighted by atomic mass is 10.0. The largest absolute Gasteiger partial charge is 0.466 e. The molecule has 0 rings (SSSR count). The number of ether oxygens (including phenoxy) is 1. The molecule has 0 spiro atoms. The zero-order valence-electron chi connectivity index (χ0n) is 47.0. The number of hydrogen-bond acceptors (Lipinski definition) is 5. The van der Waals surface area contributed by atoms with Crippen molar-refractivity contribution in [2.75, 3.05) is 13.2 Å². The minimum atomic E-state index is -0.665. The Bertz CT molecular complexity index is 1130. The topological polar surface area (TPSA) is 95.9 Å². The molecule has 0 aliphatic heterocycles. The van der Waals surface area contributed by atoms with Crippen LogP contribution in [0.2, 0.25) is 0 Å². The van der Waals surface area contributed by atoms with Crippen molar-refractivity contribution in [2.24, 2.45) is 0 Å². The monoisotopic (exact) mass is 984 g/mol. The number of nitrogens with one attached hydrogen (secondary N) is 1. The zero-order chi connectivity index (χ0) is 50.7. The molecule has 0 aliphatic rings. The van der Waals surface area contributed by atoms with Gasteiger partial charge in [0.25, 0.3) is 0 Å². The molecule has 2 atom stereocenters. The van der Waals surface area contributed by atoms with Crippen molar-refractivity contribution in [3.05, 3.63) is 36.5 Å². The van der Waals surface area contributed by atoms with Crippen LogP contribution >= 0.6 is 0 Å². The second kappa shape index (κ2) is 59.6. The van der Waals surface area contributed by atoms with Gasteiger partial charge in [0.2, 0.25) is 5.91 Å². The number of carbonyl (C=O) groups excluding carboxylic acids is 2. The lowest BCUT2D eigenvalue weighted by Crippen LogP contribution is -2.45. The molecular weight excluding hydrogens is 863 g/mol. The third-order valence-electron chi connectivity index (χ3n) is 14.4. The third kappa shape index (κ3) is 55.4. The second-order valence-electron chi connectivity index (χ2n) is 21.4. The van der Waals surface area contributed by atoms with E-state index in [0.29, 0.717) is 25.9 Å². The van der Waals surface area contributed by atoms with E-state index < -0.39 is 12.1 Å². The number of amides is 1. The maximum absolute atomic E-state index is 12.4. The summed E-state index contributed by atoms with van der Waals surface area (Å²) in [5.74, 6) is -0.0360. The second-order valence-corrected chi connectivity index (χ2v) is 21.4. The summed E-state index contributed by atoms with van der Waals surface area (Å²) in [5, 5.41) is 23.2. The molecular formula is C64H121NO5. The van der Waals surface area contributed by atoms with Gasteiger partial charge in [0.15, 0.2) is 0 Å². The van der Waals surface area contributed by atoms with E-state index in [-0.39, 0.29) is 18.5 Å². The Morgan fingerprint density at radius 1 is 0.400 bits per heavy atom. The highest BCUT2D eigenvalue weighted by molar-refractivity contribution is 5.76. The molecule has 0 bridgehead atoms. The van der Waals surface area contributed by atoms with Gasteiger partial charge in [0, 0.05) is 12.8 Å². The van der Waals surface area contributed by atoms with Crippen molar-refractivity contribution in [3.63, 3.8) is 0 Å². The number of carbonyl (C=O) groups is 2. The van der Waals surface area contributed by atoms with Gasteiger partial charge in [0.1, 0.15) is 0 Å². The van der Waals surface area contributed by atoms with Crippen LogP contribution in [0.5, 0.6) is 0 Å². The number of aliphatic hydroxyl groups excluding tert-OH is 2. The van der Waals surface area contributed by atoms with Crippen LogP contribution in [0.1, 0.15) is 335 Å². The summed E-state index contributed by atoms with van der Waals surface area (Å²) in [6.45, 7) is 4.94. The molecule has 1 amide bonds. The van der Waals surface area contributed by atoms with Crippen LogP contribution in [0.25, 0.3) is 0 Å². The van der Waals surface area contributed by atoms with Crippen molar-refractivity contribution in [3.8, 4) is 0 Å². The predicted octanol–water partition coefficient (Wildman–Crippen LogP) is 19.6. The number of aliphatic hydroxyl groups is 2. The van der Waals surface area contributed by atoms with E-state index in [9.17, 15) is 19.8 Å². The fourth-order valence-electron chi connectivity index (χ4n) is 9.61. The number of allylic oxidation sites excluding steroid dienone is 6. The Balaban J connectivity index is 3.40. The average Bonchev–Trinajstić information content (AvgIpc) is 3.36. The van der Waals surface area contributed by atoms with Crippen LogP contribution in [0.4, 0.5) is 0 Å². The summed E-state index contributed by atoms with van der Waals surface area (Å²) in [4.78, 5) is 24.5. The van der Waals surface area contributed by atoms with Gasteiger partial charge in [-0.3, -0.25) is 9.59 Å². The van der Waals surface area contributed by atoms with Gasteiger partial charge in [-0.25, -0.2) is 0 Å².